The Morgan fingerprint density at radius 1 is 1.35 bits per heavy atom. The SMILES string of the molecule is COc1ccc(C=NN(C(N)=O)c2ccc(Br)c(C)c2)cc1O. The Morgan fingerprint density at radius 2 is 2.09 bits per heavy atom. The highest BCUT2D eigenvalue weighted by Crippen LogP contribution is 2.26. The van der Waals surface area contributed by atoms with Gasteiger partial charge in [-0.2, -0.15) is 10.1 Å². The number of primary amides is 1. The van der Waals surface area contributed by atoms with Crippen molar-refractivity contribution in [2.75, 3.05) is 12.1 Å². The number of methoxy groups -OCH3 is 1. The number of hydrogen-bond acceptors (Lipinski definition) is 4. The number of anilines is 1. The molecule has 0 aliphatic heterocycles. The van der Waals surface area contributed by atoms with E-state index in [4.69, 9.17) is 10.5 Å². The Kier molecular flexibility index (Phi) is 5.23. The Hall–Kier alpha value is -2.54. The van der Waals surface area contributed by atoms with E-state index >= 15 is 0 Å². The van der Waals surface area contributed by atoms with Gasteiger partial charge in [-0.25, -0.2) is 4.79 Å². The first kappa shape index (κ1) is 16.8. The van der Waals surface area contributed by atoms with Crippen LogP contribution in [0.25, 0.3) is 0 Å². The van der Waals surface area contributed by atoms with Crippen molar-refractivity contribution in [1.29, 1.82) is 0 Å². The van der Waals surface area contributed by atoms with Gasteiger partial charge in [-0.05, 0) is 54.4 Å². The fraction of sp³-hybridized carbons (Fsp3) is 0.125. The van der Waals surface area contributed by atoms with Crippen LogP contribution in [0.15, 0.2) is 46.0 Å². The summed E-state index contributed by atoms with van der Waals surface area (Å²) in [6, 6.07) is 9.41. The van der Waals surface area contributed by atoms with Gasteiger partial charge in [0, 0.05) is 4.47 Å². The van der Waals surface area contributed by atoms with Crippen LogP contribution in [-0.4, -0.2) is 24.5 Å². The zero-order valence-electron chi connectivity index (χ0n) is 12.7. The zero-order valence-corrected chi connectivity index (χ0v) is 14.2. The molecule has 23 heavy (non-hydrogen) atoms. The van der Waals surface area contributed by atoms with Gasteiger partial charge >= 0.3 is 6.03 Å². The molecule has 0 aromatic heterocycles. The van der Waals surface area contributed by atoms with Crippen LogP contribution < -0.4 is 15.5 Å². The molecule has 0 aliphatic carbocycles. The molecular formula is C16H16BrN3O3. The molecule has 2 aromatic carbocycles. The molecule has 0 radical (unpaired) electrons. The van der Waals surface area contributed by atoms with Gasteiger partial charge in [-0.3, -0.25) is 0 Å². The lowest BCUT2D eigenvalue weighted by Crippen LogP contribution is -2.31. The molecule has 2 amide bonds. The van der Waals surface area contributed by atoms with Crippen LogP contribution in [0.4, 0.5) is 10.5 Å². The number of nitrogens with two attached hydrogens (primary N) is 1. The normalized spacial score (nSPS) is 10.7. The molecule has 0 unspecified atom stereocenters. The third-order valence-electron chi connectivity index (χ3n) is 3.12. The smallest absolute Gasteiger partial charge is 0.340 e. The third kappa shape index (κ3) is 4.01. The molecule has 0 aliphatic rings. The van der Waals surface area contributed by atoms with Crippen molar-refractivity contribution < 1.29 is 14.6 Å². The first-order valence-corrected chi connectivity index (χ1v) is 7.48. The Bertz CT molecular complexity index is 762. The van der Waals surface area contributed by atoms with E-state index in [-0.39, 0.29) is 5.75 Å². The molecule has 2 rings (SSSR count). The van der Waals surface area contributed by atoms with E-state index in [9.17, 15) is 9.90 Å². The maximum atomic E-state index is 11.6. The number of aromatic hydroxyl groups is 1. The van der Waals surface area contributed by atoms with E-state index < -0.39 is 6.03 Å². The molecule has 0 bridgehead atoms. The fourth-order valence-electron chi connectivity index (χ4n) is 1.92. The van der Waals surface area contributed by atoms with Crippen LogP contribution in [0.2, 0.25) is 0 Å². The summed E-state index contributed by atoms with van der Waals surface area (Å²) in [6.45, 7) is 1.90. The summed E-state index contributed by atoms with van der Waals surface area (Å²) in [7, 11) is 1.47. The number of hydrogen-bond donors (Lipinski definition) is 2. The fourth-order valence-corrected chi connectivity index (χ4v) is 2.17. The number of carbonyl (C=O) groups excluding carboxylic acids is 1. The summed E-state index contributed by atoms with van der Waals surface area (Å²) < 4.78 is 5.90. The summed E-state index contributed by atoms with van der Waals surface area (Å²) >= 11 is 3.40. The first-order valence-electron chi connectivity index (χ1n) is 6.69. The minimum atomic E-state index is -0.708. The average Bonchev–Trinajstić information content (AvgIpc) is 2.50. The van der Waals surface area contributed by atoms with E-state index in [1.165, 1.54) is 19.4 Å². The number of rotatable bonds is 4. The minimum Gasteiger partial charge on any atom is -0.504 e. The van der Waals surface area contributed by atoms with Crippen molar-refractivity contribution in [3.63, 3.8) is 0 Å². The van der Waals surface area contributed by atoms with E-state index in [0.29, 0.717) is 17.0 Å². The summed E-state index contributed by atoms with van der Waals surface area (Å²) in [6.07, 6.45) is 1.43. The predicted octanol–water partition coefficient (Wildman–Crippen LogP) is 3.39. The zero-order chi connectivity index (χ0) is 17.0. The monoisotopic (exact) mass is 377 g/mol. The lowest BCUT2D eigenvalue weighted by Gasteiger charge is -2.15. The Morgan fingerprint density at radius 3 is 2.65 bits per heavy atom. The second-order valence-electron chi connectivity index (χ2n) is 4.76. The standard InChI is InChI=1S/C16H16BrN3O3/c1-10-7-12(4-5-13(10)17)20(16(18)22)19-9-11-3-6-15(23-2)14(21)8-11/h3-9,21H,1-2H3,(H2,18,22). The van der Waals surface area contributed by atoms with Gasteiger partial charge in [-0.15, -0.1) is 0 Å². The molecule has 6 nitrogen and oxygen atoms in total. The van der Waals surface area contributed by atoms with Crippen molar-refractivity contribution in [3.05, 3.63) is 52.0 Å². The Labute approximate surface area is 142 Å². The molecule has 0 saturated heterocycles. The molecular weight excluding hydrogens is 362 g/mol. The number of hydrazone groups is 1. The van der Waals surface area contributed by atoms with Crippen molar-refractivity contribution in [1.82, 2.24) is 0 Å². The molecule has 2 aromatic rings. The van der Waals surface area contributed by atoms with Gasteiger partial charge in [0.1, 0.15) is 0 Å². The lowest BCUT2D eigenvalue weighted by molar-refractivity contribution is 0.254. The second-order valence-corrected chi connectivity index (χ2v) is 5.61. The van der Waals surface area contributed by atoms with E-state index in [1.807, 2.05) is 13.0 Å². The minimum absolute atomic E-state index is 0.0124. The topological polar surface area (TPSA) is 88.1 Å². The van der Waals surface area contributed by atoms with Gasteiger partial charge in [0.25, 0.3) is 0 Å². The number of phenols is 1. The maximum absolute atomic E-state index is 11.6. The van der Waals surface area contributed by atoms with Crippen LogP contribution >= 0.6 is 15.9 Å². The molecule has 0 heterocycles. The van der Waals surface area contributed by atoms with Crippen LogP contribution in [0.3, 0.4) is 0 Å². The number of carbonyl (C=O) groups is 1. The number of urea groups is 1. The van der Waals surface area contributed by atoms with Crippen LogP contribution in [0.1, 0.15) is 11.1 Å². The van der Waals surface area contributed by atoms with Gasteiger partial charge in [0.2, 0.25) is 0 Å². The largest absolute Gasteiger partial charge is 0.504 e. The molecule has 7 heteroatoms. The number of halogens is 1. The summed E-state index contributed by atoms with van der Waals surface area (Å²) in [5, 5.41) is 14.9. The average molecular weight is 378 g/mol. The quantitative estimate of drug-likeness (QED) is 0.632. The van der Waals surface area contributed by atoms with Crippen LogP contribution in [0.5, 0.6) is 11.5 Å². The summed E-state index contributed by atoms with van der Waals surface area (Å²) in [5.41, 5.74) is 7.49. The highest BCUT2D eigenvalue weighted by molar-refractivity contribution is 9.10. The van der Waals surface area contributed by atoms with Gasteiger partial charge in [-0.1, -0.05) is 15.9 Å². The summed E-state index contributed by atoms with van der Waals surface area (Å²) in [5.74, 6) is 0.346. The van der Waals surface area contributed by atoms with E-state index in [1.54, 1.807) is 24.3 Å². The Balaban J connectivity index is 2.30. The molecule has 3 N–H and O–H groups in total. The van der Waals surface area contributed by atoms with Crippen molar-refractivity contribution in [3.8, 4) is 11.5 Å². The molecule has 0 saturated carbocycles. The van der Waals surface area contributed by atoms with E-state index in [0.717, 1.165) is 15.0 Å². The van der Waals surface area contributed by atoms with Crippen LogP contribution in [0, 0.1) is 6.92 Å². The number of phenolic OH excluding ortho intramolecular Hbond substituents is 1. The lowest BCUT2D eigenvalue weighted by atomic mass is 10.2. The van der Waals surface area contributed by atoms with Crippen molar-refractivity contribution in [2.45, 2.75) is 6.92 Å². The number of amides is 2. The molecule has 0 fully saturated rings. The maximum Gasteiger partial charge on any atom is 0.340 e. The van der Waals surface area contributed by atoms with E-state index in [2.05, 4.69) is 21.0 Å². The number of ether oxygens (including phenoxy) is 1. The van der Waals surface area contributed by atoms with Crippen molar-refractivity contribution >= 4 is 33.9 Å². The number of aryl methyl sites for hydroxylation is 1. The highest BCUT2D eigenvalue weighted by atomic mass is 79.9. The van der Waals surface area contributed by atoms with Gasteiger partial charge in [0.05, 0.1) is 19.0 Å². The number of nitrogens with zero attached hydrogens (tertiary/aromatic N) is 2. The molecule has 0 atom stereocenters. The highest BCUT2D eigenvalue weighted by Gasteiger charge is 2.12. The first-order chi connectivity index (χ1) is 10.9. The van der Waals surface area contributed by atoms with Gasteiger partial charge < -0.3 is 15.6 Å². The second kappa shape index (κ2) is 7.15. The third-order valence-corrected chi connectivity index (χ3v) is 4.01. The summed E-state index contributed by atoms with van der Waals surface area (Å²) in [4.78, 5) is 11.6. The van der Waals surface area contributed by atoms with Crippen molar-refractivity contribution in [2.24, 2.45) is 10.8 Å². The molecule has 0 spiro atoms. The molecule has 120 valence electrons. The van der Waals surface area contributed by atoms with Gasteiger partial charge in [0.15, 0.2) is 11.5 Å². The number of benzene rings is 2. The predicted molar refractivity (Wildman–Crippen MR) is 93.2 cm³/mol. The van der Waals surface area contributed by atoms with Crippen LogP contribution in [-0.2, 0) is 0 Å².